The molecule has 0 atom stereocenters. The number of pyridine rings is 1. The third-order valence-electron chi connectivity index (χ3n) is 2.66. The van der Waals surface area contributed by atoms with E-state index in [9.17, 15) is 22.8 Å². The van der Waals surface area contributed by atoms with Crippen LogP contribution in [0.5, 0.6) is 0 Å². The van der Waals surface area contributed by atoms with Gasteiger partial charge in [0.2, 0.25) is 0 Å². The van der Waals surface area contributed by atoms with Crippen LogP contribution in [0.25, 0.3) is 10.2 Å². The van der Waals surface area contributed by atoms with E-state index in [0.29, 0.717) is 0 Å². The van der Waals surface area contributed by atoms with Crippen molar-refractivity contribution in [2.24, 2.45) is 0 Å². The van der Waals surface area contributed by atoms with Crippen LogP contribution in [-0.4, -0.2) is 18.1 Å². The Labute approximate surface area is 108 Å². The van der Waals surface area contributed by atoms with Gasteiger partial charge in [0.05, 0.1) is 28.5 Å². The number of H-pyrrole nitrogens is 1. The maximum absolute atomic E-state index is 13.0. The van der Waals surface area contributed by atoms with E-state index in [4.69, 9.17) is 0 Å². The lowest BCUT2D eigenvalue weighted by Crippen LogP contribution is -2.19. The molecule has 102 valence electrons. The highest BCUT2D eigenvalue weighted by molar-refractivity contribution is 7.17. The number of halogens is 3. The van der Waals surface area contributed by atoms with E-state index < -0.39 is 28.8 Å². The molecule has 1 N–H and O–H groups in total. The van der Waals surface area contributed by atoms with Gasteiger partial charge in [-0.3, -0.25) is 4.79 Å². The number of fused-ring (bicyclic) bond motifs is 1. The van der Waals surface area contributed by atoms with Crippen molar-refractivity contribution < 1.29 is 22.7 Å². The standard InChI is InChI=1S/C11H8F3NO3S/c1-4-6(11(12,13)14)8-7(15-9(4)16)5(3-19-8)10(17)18-2/h3H,1-2H3,(H,15,16). The number of esters is 1. The average Bonchev–Trinajstić information content (AvgIpc) is 2.70. The van der Waals surface area contributed by atoms with E-state index in [1.165, 1.54) is 5.38 Å². The summed E-state index contributed by atoms with van der Waals surface area (Å²) in [7, 11) is 1.11. The fourth-order valence-corrected chi connectivity index (χ4v) is 2.87. The molecule has 0 fully saturated rings. The topological polar surface area (TPSA) is 59.2 Å². The molecule has 0 aliphatic heterocycles. The predicted molar refractivity (Wildman–Crippen MR) is 63.5 cm³/mol. The van der Waals surface area contributed by atoms with Gasteiger partial charge in [0, 0.05) is 10.9 Å². The van der Waals surface area contributed by atoms with Crippen LogP contribution in [0.3, 0.4) is 0 Å². The Balaban J connectivity index is 2.90. The molecule has 2 rings (SSSR count). The van der Waals surface area contributed by atoms with Gasteiger partial charge in [-0.2, -0.15) is 13.2 Å². The van der Waals surface area contributed by atoms with Crippen molar-refractivity contribution in [2.45, 2.75) is 13.1 Å². The van der Waals surface area contributed by atoms with Gasteiger partial charge < -0.3 is 9.72 Å². The number of aromatic nitrogens is 1. The van der Waals surface area contributed by atoms with Gasteiger partial charge in [0.15, 0.2) is 0 Å². The van der Waals surface area contributed by atoms with Gasteiger partial charge in [0.25, 0.3) is 5.56 Å². The summed E-state index contributed by atoms with van der Waals surface area (Å²) in [6, 6.07) is 0. The summed E-state index contributed by atoms with van der Waals surface area (Å²) >= 11 is 0.743. The van der Waals surface area contributed by atoms with Crippen LogP contribution in [0.2, 0.25) is 0 Å². The lowest BCUT2D eigenvalue weighted by Gasteiger charge is -2.10. The summed E-state index contributed by atoms with van der Waals surface area (Å²) in [4.78, 5) is 25.3. The molecular weight excluding hydrogens is 283 g/mol. The van der Waals surface area contributed by atoms with Gasteiger partial charge in [-0.05, 0) is 6.92 Å². The SMILES string of the molecule is COC(=O)c1csc2c(C(F)(F)F)c(C)c(=O)[nH]c12. The van der Waals surface area contributed by atoms with Gasteiger partial charge in [-0.15, -0.1) is 11.3 Å². The smallest absolute Gasteiger partial charge is 0.418 e. The summed E-state index contributed by atoms with van der Waals surface area (Å²) in [5, 5.41) is 1.24. The van der Waals surface area contributed by atoms with E-state index >= 15 is 0 Å². The van der Waals surface area contributed by atoms with E-state index in [1.54, 1.807) is 0 Å². The molecule has 8 heteroatoms. The Kier molecular flexibility index (Phi) is 3.13. The minimum Gasteiger partial charge on any atom is -0.465 e. The Morgan fingerprint density at radius 1 is 1.42 bits per heavy atom. The molecule has 0 aliphatic carbocycles. The molecule has 0 bridgehead atoms. The second-order valence-corrected chi connectivity index (χ2v) is 4.68. The van der Waals surface area contributed by atoms with Crippen molar-refractivity contribution in [3.63, 3.8) is 0 Å². The molecule has 0 amide bonds. The van der Waals surface area contributed by atoms with Crippen molar-refractivity contribution in [3.05, 3.63) is 32.4 Å². The second-order valence-electron chi connectivity index (χ2n) is 3.80. The first kappa shape index (κ1) is 13.6. The zero-order chi connectivity index (χ0) is 14.4. The van der Waals surface area contributed by atoms with Crippen LogP contribution < -0.4 is 5.56 Å². The third kappa shape index (κ3) is 2.12. The first-order chi connectivity index (χ1) is 8.77. The van der Waals surface area contributed by atoms with E-state index in [0.717, 1.165) is 25.4 Å². The molecule has 4 nitrogen and oxygen atoms in total. The molecule has 0 saturated heterocycles. The Morgan fingerprint density at radius 2 is 2.05 bits per heavy atom. The van der Waals surface area contributed by atoms with Gasteiger partial charge in [-0.25, -0.2) is 4.79 Å². The number of rotatable bonds is 1. The summed E-state index contributed by atoms with van der Waals surface area (Å²) in [5.74, 6) is -0.793. The van der Waals surface area contributed by atoms with Crippen LogP contribution >= 0.6 is 11.3 Å². The predicted octanol–water partition coefficient (Wildman–Crippen LogP) is 2.70. The third-order valence-corrected chi connectivity index (χ3v) is 3.66. The Hall–Kier alpha value is -1.83. The number of hydrogen-bond acceptors (Lipinski definition) is 4. The maximum atomic E-state index is 13.0. The number of alkyl halides is 3. The van der Waals surface area contributed by atoms with Crippen molar-refractivity contribution in [1.29, 1.82) is 0 Å². The number of thiophene rings is 1. The number of aromatic amines is 1. The molecule has 0 spiro atoms. The zero-order valence-corrected chi connectivity index (χ0v) is 10.7. The zero-order valence-electron chi connectivity index (χ0n) is 9.84. The van der Waals surface area contributed by atoms with Crippen LogP contribution in [-0.2, 0) is 10.9 Å². The van der Waals surface area contributed by atoms with Crippen molar-refractivity contribution in [1.82, 2.24) is 4.98 Å². The largest absolute Gasteiger partial charge is 0.465 e. The van der Waals surface area contributed by atoms with Crippen LogP contribution in [0, 0.1) is 6.92 Å². The highest BCUT2D eigenvalue weighted by atomic mass is 32.1. The monoisotopic (exact) mass is 291 g/mol. The van der Waals surface area contributed by atoms with Crippen LogP contribution in [0.4, 0.5) is 13.2 Å². The molecule has 0 saturated carbocycles. The lowest BCUT2D eigenvalue weighted by molar-refractivity contribution is -0.136. The number of hydrogen-bond donors (Lipinski definition) is 1. The quantitative estimate of drug-likeness (QED) is 0.822. The highest BCUT2D eigenvalue weighted by Gasteiger charge is 2.37. The van der Waals surface area contributed by atoms with Crippen molar-refractivity contribution in [3.8, 4) is 0 Å². The molecule has 0 radical (unpaired) electrons. The number of carbonyl (C=O) groups is 1. The summed E-state index contributed by atoms with van der Waals surface area (Å²) < 4.78 is 43.3. The van der Waals surface area contributed by atoms with E-state index in [-0.39, 0.29) is 15.8 Å². The first-order valence-electron chi connectivity index (χ1n) is 5.07. The summed E-state index contributed by atoms with van der Waals surface area (Å²) in [6.07, 6.45) is -4.66. The molecular formula is C11H8F3NO3S. The molecule has 2 aromatic rings. The van der Waals surface area contributed by atoms with Gasteiger partial charge >= 0.3 is 12.1 Å². The number of ether oxygens (including phenoxy) is 1. The van der Waals surface area contributed by atoms with Crippen LogP contribution in [0.1, 0.15) is 21.5 Å². The molecule has 2 aromatic heterocycles. The van der Waals surface area contributed by atoms with E-state index in [1.807, 2.05) is 0 Å². The lowest BCUT2D eigenvalue weighted by atomic mass is 10.1. The number of nitrogens with one attached hydrogen (secondary N) is 1. The highest BCUT2D eigenvalue weighted by Crippen LogP contribution is 2.38. The molecule has 0 aliphatic rings. The van der Waals surface area contributed by atoms with Crippen molar-refractivity contribution >= 4 is 27.5 Å². The fraction of sp³-hybridized carbons (Fsp3) is 0.273. The second kappa shape index (κ2) is 4.37. The Bertz CT molecular complexity index is 714. The first-order valence-corrected chi connectivity index (χ1v) is 5.95. The van der Waals surface area contributed by atoms with Crippen LogP contribution in [0.15, 0.2) is 10.2 Å². The fourth-order valence-electron chi connectivity index (χ4n) is 1.76. The number of methoxy groups -OCH3 is 1. The summed E-state index contributed by atoms with van der Waals surface area (Å²) in [6.45, 7) is 1.10. The molecule has 0 aromatic carbocycles. The summed E-state index contributed by atoms with van der Waals surface area (Å²) in [5.41, 5.74) is -2.52. The minimum atomic E-state index is -4.66. The molecule has 2 heterocycles. The van der Waals surface area contributed by atoms with Gasteiger partial charge in [-0.1, -0.05) is 0 Å². The van der Waals surface area contributed by atoms with Gasteiger partial charge in [0.1, 0.15) is 0 Å². The maximum Gasteiger partial charge on any atom is 0.418 e. The minimum absolute atomic E-state index is 0.0786. The van der Waals surface area contributed by atoms with Crippen molar-refractivity contribution in [2.75, 3.05) is 7.11 Å². The Morgan fingerprint density at radius 3 is 2.58 bits per heavy atom. The molecule has 0 unspecified atom stereocenters. The van der Waals surface area contributed by atoms with E-state index in [2.05, 4.69) is 9.72 Å². The number of carbonyl (C=O) groups excluding carboxylic acids is 1. The normalized spacial score (nSPS) is 11.8. The average molecular weight is 291 g/mol. The molecule has 19 heavy (non-hydrogen) atoms.